The summed E-state index contributed by atoms with van der Waals surface area (Å²) >= 11 is 0. The number of fused-ring (bicyclic) bond motifs is 1. The summed E-state index contributed by atoms with van der Waals surface area (Å²) in [6, 6.07) is 2.86. The largest absolute Gasteiger partial charge is 0.336 e. The number of likely N-dealkylation sites (tertiary alicyclic amines) is 1. The first-order valence-electron chi connectivity index (χ1n) is 6.51. The minimum absolute atomic E-state index is 0.176. The zero-order valence-corrected chi connectivity index (χ0v) is 11.1. The number of ketones is 1. The van der Waals surface area contributed by atoms with Gasteiger partial charge < -0.3 is 4.90 Å². The van der Waals surface area contributed by atoms with Gasteiger partial charge in [-0.3, -0.25) is 14.0 Å². The first kappa shape index (κ1) is 12.8. The third-order valence-electron chi connectivity index (χ3n) is 3.57. The molecule has 0 N–H and O–H groups in total. The molecule has 6 heteroatoms. The lowest BCUT2D eigenvalue weighted by Crippen LogP contribution is -2.39. The summed E-state index contributed by atoms with van der Waals surface area (Å²) in [6.45, 7) is 2.56. The number of hydrogen-bond acceptors (Lipinski definition) is 3. The highest BCUT2D eigenvalue weighted by Crippen LogP contribution is 2.17. The van der Waals surface area contributed by atoms with Crippen LogP contribution in [0.25, 0.3) is 5.65 Å². The summed E-state index contributed by atoms with van der Waals surface area (Å²) in [7, 11) is 0. The number of nitrogens with zero attached hydrogens (tertiary/aromatic N) is 3. The lowest BCUT2D eigenvalue weighted by atomic mass is 10.1. The number of carbonyl (C=O) groups excluding carboxylic acids is 2. The van der Waals surface area contributed by atoms with Crippen molar-refractivity contribution < 1.29 is 14.0 Å². The number of carbonyl (C=O) groups is 2. The van der Waals surface area contributed by atoms with Crippen LogP contribution in [0.5, 0.6) is 0 Å². The van der Waals surface area contributed by atoms with Gasteiger partial charge in [0.05, 0.1) is 5.69 Å². The smallest absolute Gasteiger partial charge is 0.272 e. The van der Waals surface area contributed by atoms with Crippen LogP contribution in [0.15, 0.2) is 18.3 Å². The van der Waals surface area contributed by atoms with Crippen LogP contribution in [0.1, 0.15) is 29.0 Å². The van der Waals surface area contributed by atoms with Gasteiger partial charge >= 0.3 is 0 Å². The lowest BCUT2D eigenvalue weighted by Gasteiger charge is -2.26. The average Bonchev–Trinajstić information content (AvgIpc) is 2.74. The number of rotatable bonds is 1. The maximum absolute atomic E-state index is 13.4. The normalized spacial score (nSPS) is 15.9. The van der Waals surface area contributed by atoms with E-state index in [1.807, 2.05) is 0 Å². The number of pyridine rings is 1. The second-order valence-electron chi connectivity index (χ2n) is 4.95. The molecule has 0 saturated carbocycles. The number of hydrogen-bond donors (Lipinski definition) is 0. The highest BCUT2D eigenvalue weighted by atomic mass is 19.1. The van der Waals surface area contributed by atoms with E-state index < -0.39 is 5.82 Å². The number of halogens is 1. The van der Waals surface area contributed by atoms with Crippen molar-refractivity contribution in [2.75, 3.05) is 13.1 Å². The summed E-state index contributed by atoms with van der Waals surface area (Å²) in [5, 5.41) is 0. The van der Waals surface area contributed by atoms with Crippen molar-refractivity contribution in [1.29, 1.82) is 0 Å². The summed E-state index contributed by atoms with van der Waals surface area (Å²) in [4.78, 5) is 29.7. The maximum atomic E-state index is 13.4. The van der Waals surface area contributed by atoms with Gasteiger partial charge in [-0.2, -0.15) is 0 Å². The van der Waals surface area contributed by atoms with Gasteiger partial charge in [0, 0.05) is 32.1 Å². The Kier molecular flexibility index (Phi) is 3.00. The molecular formula is C14H14FN3O2. The van der Waals surface area contributed by atoms with Crippen LogP contribution in [-0.4, -0.2) is 39.1 Å². The number of imidazole rings is 1. The highest BCUT2D eigenvalue weighted by molar-refractivity contribution is 5.95. The summed E-state index contributed by atoms with van der Waals surface area (Å²) in [5.74, 6) is -0.444. The van der Waals surface area contributed by atoms with E-state index in [1.165, 1.54) is 16.7 Å². The molecule has 1 amide bonds. The van der Waals surface area contributed by atoms with Crippen molar-refractivity contribution in [3.8, 4) is 0 Å². The van der Waals surface area contributed by atoms with Crippen molar-refractivity contribution in [1.82, 2.24) is 14.3 Å². The van der Waals surface area contributed by atoms with Gasteiger partial charge in [-0.05, 0) is 19.1 Å². The minimum atomic E-state index is -0.419. The van der Waals surface area contributed by atoms with E-state index in [0.717, 1.165) is 0 Å². The molecule has 104 valence electrons. The van der Waals surface area contributed by atoms with E-state index in [9.17, 15) is 14.0 Å². The van der Waals surface area contributed by atoms with Gasteiger partial charge in [-0.1, -0.05) is 0 Å². The summed E-state index contributed by atoms with van der Waals surface area (Å²) in [6.07, 6.45) is 2.03. The molecule has 3 heterocycles. The molecule has 0 atom stereocenters. The van der Waals surface area contributed by atoms with Crippen molar-refractivity contribution >= 4 is 17.3 Å². The first-order chi connectivity index (χ1) is 9.56. The van der Waals surface area contributed by atoms with E-state index in [4.69, 9.17) is 0 Å². The number of aromatic nitrogens is 2. The SMILES string of the molecule is Cc1nc2ccc(F)cn2c1C(=O)N1CCC(=O)CC1. The van der Waals surface area contributed by atoms with Crippen molar-refractivity contribution in [2.45, 2.75) is 19.8 Å². The Balaban J connectivity index is 2.00. The quantitative estimate of drug-likeness (QED) is 0.794. The van der Waals surface area contributed by atoms with E-state index in [2.05, 4.69) is 4.98 Å². The van der Waals surface area contributed by atoms with Gasteiger partial charge in [-0.15, -0.1) is 0 Å². The van der Waals surface area contributed by atoms with Crippen LogP contribution in [0, 0.1) is 12.7 Å². The third-order valence-corrected chi connectivity index (χ3v) is 3.57. The minimum Gasteiger partial charge on any atom is -0.336 e. The van der Waals surface area contributed by atoms with Gasteiger partial charge in [0.15, 0.2) is 0 Å². The molecule has 0 bridgehead atoms. The molecule has 20 heavy (non-hydrogen) atoms. The highest BCUT2D eigenvalue weighted by Gasteiger charge is 2.26. The molecule has 0 radical (unpaired) electrons. The average molecular weight is 275 g/mol. The molecule has 3 rings (SSSR count). The predicted octanol–water partition coefficient (Wildman–Crippen LogP) is 1.59. The molecular weight excluding hydrogens is 261 g/mol. The second-order valence-corrected chi connectivity index (χ2v) is 4.95. The fraction of sp³-hybridized carbons (Fsp3) is 0.357. The van der Waals surface area contributed by atoms with Gasteiger partial charge in [0.1, 0.15) is 22.9 Å². The molecule has 2 aromatic heterocycles. The Morgan fingerprint density at radius 1 is 1.30 bits per heavy atom. The first-order valence-corrected chi connectivity index (χ1v) is 6.51. The molecule has 0 aliphatic carbocycles. The maximum Gasteiger partial charge on any atom is 0.272 e. The van der Waals surface area contributed by atoms with E-state index in [-0.39, 0.29) is 11.7 Å². The van der Waals surface area contributed by atoms with Crippen LogP contribution in [-0.2, 0) is 4.79 Å². The lowest BCUT2D eigenvalue weighted by molar-refractivity contribution is -0.120. The van der Waals surface area contributed by atoms with Crippen LogP contribution in [0.3, 0.4) is 0 Å². The zero-order chi connectivity index (χ0) is 14.3. The molecule has 0 spiro atoms. The number of Topliss-reactive ketones (excluding diaryl/α,β-unsaturated/α-hetero) is 1. The Bertz CT molecular complexity index is 698. The fourth-order valence-electron chi connectivity index (χ4n) is 2.50. The molecule has 1 aliphatic rings. The topological polar surface area (TPSA) is 54.7 Å². The fourth-order valence-corrected chi connectivity index (χ4v) is 2.50. The van der Waals surface area contributed by atoms with Crippen molar-refractivity contribution in [3.05, 3.63) is 35.5 Å². The predicted molar refractivity (Wildman–Crippen MR) is 70.0 cm³/mol. The second kappa shape index (κ2) is 4.70. The van der Waals surface area contributed by atoms with E-state index in [0.29, 0.717) is 43.0 Å². The van der Waals surface area contributed by atoms with Crippen LogP contribution < -0.4 is 0 Å². The van der Waals surface area contributed by atoms with Gasteiger partial charge in [0.25, 0.3) is 5.91 Å². The molecule has 2 aromatic rings. The summed E-state index contributed by atoms with van der Waals surface area (Å²) in [5.41, 5.74) is 1.48. The monoisotopic (exact) mass is 275 g/mol. The Labute approximate surface area is 115 Å². The van der Waals surface area contributed by atoms with E-state index in [1.54, 1.807) is 17.9 Å². The van der Waals surface area contributed by atoms with Crippen LogP contribution >= 0.6 is 0 Å². The summed E-state index contributed by atoms with van der Waals surface area (Å²) < 4.78 is 14.8. The van der Waals surface area contributed by atoms with E-state index >= 15 is 0 Å². The molecule has 1 saturated heterocycles. The molecule has 1 aliphatic heterocycles. The molecule has 0 aromatic carbocycles. The van der Waals surface area contributed by atoms with Crippen molar-refractivity contribution in [2.24, 2.45) is 0 Å². The van der Waals surface area contributed by atoms with Crippen LogP contribution in [0.4, 0.5) is 4.39 Å². The van der Waals surface area contributed by atoms with Gasteiger partial charge in [0.2, 0.25) is 0 Å². The third kappa shape index (κ3) is 2.07. The Morgan fingerprint density at radius 2 is 2.00 bits per heavy atom. The molecule has 0 unspecified atom stereocenters. The van der Waals surface area contributed by atoms with Gasteiger partial charge in [-0.25, -0.2) is 9.37 Å². The number of aryl methyl sites for hydroxylation is 1. The Hall–Kier alpha value is -2.24. The van der Waals surface area contributed by atoms with Crippen molar-refractivity contribution in [3.63, 3.8) is 0 Å². The standard InChI is InChI=1S/C14H14FN3O2/c1-9-13(14(20)17-6-4-11(19)5-7-17)18-8-10(15)2-3-12(18)16-9/h2-3,8H,4-7H2,1H3. The number of amides is 1. The molecule has 5 nitrogen and oxygen atoms in total. The number of piperidine rings is 1. The van der Waals surface area contributed by atoms with Crippen LogP contribution in [0.2, 0.25) is 0 Å². The molecule has 1 fully saturated rings. The Morgan fingerprint density at radius 3 is 2.70 bits per heavy atom. The zero-order valence-electron chi connectivity index (χ0n) is 11.1.